The monoisotopic (exact) mass is 284 g/mol. The topological polar surface area (TPSA) is 110 Å². The van der Waals surface area contributed by atoms with Gasteiger partial charge in [0.25, 0.3) is 11.8 Å². The molecule has 0 saturated heterocycles. The normalized spacial score (nSPS) is 10.2. The summed E-state index contributed by atoms with van der Waals surface area (Å²) in [7, 11) is 1.52. The second-order valence-corrected chi connectivity index (χ2v) is 5.15. The van der Waals surface area contributed by atoms with E-state index in [1.165, 1.54) is 7.05 Å². The van der Waals surface area contributed by atoms with Crippen molar-refractivity contribution in [3.8, 4) is 0 Å². The second kappa shape index (κ2) is 6.98. The molecule has 7 heteroatoms. The maximum Gasteiger partial charge on any atom is 0.260 e. The molecule has 6 N–H and O–H groups in total. The number of thiophene rings is 1. The lowest BCUT2D eigenvalue weighted by Gasteiger charge is -2.06. The van der Waals surface area contributed by atoms with Gasteiger partial charge in [-0.3, -0.25) is 9.59 Å². The Hall–Kier alpha value is -1.76. The minimum Gasteiger partial charge on any atom is -0.397 e. The third kappa shape index (κ3) is 3.60. The Morgan fingerprint density at radius 3 is 2.53 bits per heavy atom. The predicted molar refractivity (Wildman–Crippen MR) is 78.7 cm³/mol. The summed E-state index contributed by atoms with van der Waals surface area (Å²) in [6.45, 7) is 2.85. The fourth-order valence-electron chi connectivity index (χ4n) is 1.68. The number of carbonyl (C=O) groups is 2. The first kappa shape index (κ1) is 15.3. The number of unbranched alkanes of at least 4 members (excludes halogenated alkanes) is 2. The van der Waals surface area contributed by atoms with Crippen LogP contribution >= 0.6 is 11.3 Å². The molecule has 6 nitrogen and oxygen atoms in total. The van der Waals surface area contributed by atoms with Crippen LogP contribution < -0.4 is 22.1 Å². The zero-order chi connectivity index (χ0) is 14.4. The molecule has 0 aliphatic rings. The van der Waals surface area contributed by atoms with E-state index < -0.39 is 5.91 Å². The van der Waals surface area contributed by atoms with E-state index in [4.69, 9.17) is 11.5 Å². The number of hydrogen-bond acceptors (Lipinski definition) is 5. The van der Waals surface area contributed by atoms with E-state index >= 15 is 0 Å². The fraction of sp³-hybridized carbons (Fsp3) is 0.500. The molecule has 0 aliphatic carbocycles. The molecule has 1 aromatic heterocycles. The van der Waals surface area contributed by atoms with E-state index in [1.807, 2.05) is 0 Å². The summed E-state index contributed by atoms with van der Waals surface area (Å²) in [5.41, 5.74) is 11.5. The average Bonchev–Trinajstić information content (AvgIpc) is 2.71. The first-order chi connectivity index (χ1) is 9.02. The Kier molecular flexibility index (Phi) is 5.62. The van der Waals surface area contributed by atoms with E-state index in [-0.39, 0.29) is 16.5 Å². The van der Waals surface area contributed by atoms with E-state index in [2.05, 4.69) is 17.6 Å². The van der Waals surface area contributed by atoms with Crippen molar-refractivity contribution in [2.75, 3.05) is 24.6 Å². The number of primary amides is 1. The smallest absolute Gasteiger partial charge is 0.260 e. The van der Waals surface area contributed by atoms with Crippen LogP contribution in [0.25, 0.3) is 0 Å². The van der Waals surface area contributed by atoms with Crippen LogP contribution in [0.15, 0.2) is 0 Å². The van der Waals surface area contributed by atoms with Crippen LogP contribution in [0.4, 0.5) is 10.7 Å². The number of amides is 2. The molecular weight excluding hydrogens is 264 g/mol. The van der Waals surface area contributed by atoms with Gasteiger partial charge in [0, 0.05) is 13.6 Å². The van der Waals surface area contributed by atoms with Gasteiger partial charge in [-0.05, 0) is 6.42 Å². The summed E-state index contributed by atoms with van der Waals surface area (Å²) in [5.74, 6) is -0.937. The lowest BCUT2D eigenvalue weighted by molar-refractivity contribution is 0.0965. The second-order valence-electron chi connectivity index (χ2n) is 4.13. The van der Waals surface area contributed by atoms with Crippen LogP contribution in [0.3, 0.4) is 0 Å². The molecule has 1 heterocycles. The molecule has 106 valence electrons. The molecule has 19 heavy (non-hydrogen) atoms. The fourth-order valence-corrected chi connectivity index (χ4v) is 2.67. The van der Waals surface area contributed by atoms with Crippen LogP contribution in [0.1, 0.15) is 46.2 Å². The molecule has 0 bridgehead atoms. The maximum absolute atomic E-state index is 11.8. The Labute approximate surface area is 116 Å². The van der Waals surface area contributed by atoms with Crippen molar-refractivity contribution in [1.82, 2.24) is 5.32 Å². The molecule has 0 unspecified atom stereocenters. The molecule has 0 spiro atoms. The Morgan fingerprint density at radius 2 is 2.00 bits per heavy atom. The van der Waals surface area contributed by atoms with Crippen molar-refractivity contribution in [1.29, 1.82) is 0 Å². The molecule has 2 amide bonds. The lowest BCUT2D eigenvalue weighted by atomic mass is 10.2. The molecule has 0 aromatic carbocycles. The molecule has 1 rings (SSSR count). The van der Waals surface area contributed by atoms with Gasteiger partial charge < -0.3 is 22.1 Å². The van der Waals surface area contributed by atoms with Gasteiger partial charge >= 0.3 is 0 Å². The van der Waals surface area contributed by atoms with Crippen molar-refractivity contribution in [2.45, 2.75) is 26.2 Å². The third-order valence-electron chi connectivity index (χ3n) is 2.69. The highest BCUT2D eigenvalue weighted by molar-refractivity contribution is 7.19. The highest BCUT2D eigenvalue weighted by Gasteiger charge is 2.23. The number of anilines is 2. The van der Waals surface area contributed by atoms with Gasteiger partial charge in [-0.2, -0.15) is 0 Å². The molecule has 0 fully saturated rings. The lowest BCUT2D eigenvalue weighted by Crippen LogP contribution is -2.20. The van der Waals surface area contributed by atoms with E-state index in [9.17, 15) is 9.59 Å². The molecule has 0 radical (unpaired) electrons. The van der Waals surface area contributed by atoms with Gasteiger partial charge in [0.15, 0.2) is 0 Å². The molecular formula is C12H20N4O2S. The van der Waals surface area contributed by atoms with E-state index in [1.54, 1.807) is 0 Å². The minimum atomic E-state index is -0.616. The zero-order valence-corrected chi connectivity index (χ0v) is 12.0. The summed E-state index contributed by atoms with van der Waals surface area (Å²) in [6, 6.07) is 0. The van der Waals surface area contributed by atoms with Crippen molar-refractivity contribution in [3.63, 3.8) is 0 Å². The van der Waals surface area contributed by atoms with Crippen molar-refractivity contribution in [2.24, 2.45) is 5.73 Å². The first-order valence-corrected chi connectivity index (χ1v) is 7.02. The summed E-state index contributed by atoms with van der Waals surface area (Å²) in [4.78, 5) is 23.3. The predicted octanol–water partition coefficient (Wildman–Crippen LogP) is 1.39. The van der Waals surface area contributed by atoms with Crippen LogP contribution in [0.2, 0.25) is 0 Å². The summed E-state index contributed by atoms with van der Waals surface area (Å²) in [5, 5.41) is 6.26. The van der Waals surface area contributed by atoms with Gasteiger partial charge in [0.1, 0.15) is 9.88 Å². The molecule has 0 saturated carbocycles. The van der Waals surface area contributed by atoms with E-state index in [0.717, 1.165) is 37.1 Å². The van der Waals surface area contributed by atoms with Gasteiger partial charge in [-0.15, -0.1) is 11.3 Å². The quantitative estimate of drug-likeness (QED) is 0.567. The zero-order valence-electron chi connectivity index (χ0n) is 11.2. The van der Waals surface area contributed by atoms with Crippen LogP contribution in [0, 0.1) is 0 Å². The molecule has 0 aliphatic heterocycles. The van der Waals surface area contributed by atoms with Crippen molar-refractivity contribution < 1.29 is 9.59 Å². The Morgan fingerprint density at radius 1 is 1.32 bits per heavy atom. The van der Waals surface area contributed by atoms with Gasteiger partial charge in [-0.25, -0.2) is 0 Å². The summed E-state index contributed by atoms with van der Waals surface area (Å²) < 4.78 is 0. The number of carbonyl (C=O) groups excluding carboxylic acids is 2. The van der Waals surface area contributed by atoms with Gasteiger partial charge in [-0.1, -0.05) is 19.8 Å². The third-order valence-corrected chi connectivity index (χ3v) is 3.87. The van der Waals surface area contributed by atoms with Crippen LogP contribution in [0.5, 0.6) is 0 Å². The van der Waals surface area contributed by atoms with Crippen molar-refractivity contribution in [3.05, 3.63) is 10.4 Å². The Bertz CT molecular complexity index is 471. The highest BCUT2D eigenvalue weighted by Crippen LogP contribution is 2.35. The van der Waals surface area contributed by atoms with Gasteiger partial charge in [0.2, 0.25) is 0 Å². The number of hydrogen-bond donors (Lipinski definition) is 4. The number of rotatable bonds is 7. The SMILES string of the molecule is CCCCCNc1sc(C(N)=O)c(N)c1C(=O)NC. The van der Waals surface area contributed by atoms with E-state index in [0.29, 0.717) is 10.6 Å². The molecule has 0 atom stereocenters. The average molecular weight is 284 g/mol. The Balaban J connectivity index is 2.97. The number of nitrogen functional groups attached to an aromatic ring is 1. The summed E-state index contributed by atoms with van der Waals surface area (Å²) in [6.07, 6.45) is 3.21. The van der Waals surface area contributed by atoms with Crippen LogP contribution in [-0.2, 0) is 0 Å². The number of nitrogens with one attached hydrogen (secondary N) is 2. The first-order valence-electron chi connectivity index (χ1n) is 6.20. The largest absolute Gasteiger partial charge is 0.397 e. The van der Waals surface area contributed by atoms with Crippen molar-refractivity contribution >= 4 is 33.8 Å². The standard InChI is InChI=1S/C12H20N4O2S/c1-3-4-5-6-16-12-7(11(18)15-2)8(13)9(19-12)10(14)17/h16H,3-6,13H2,1-2H3,(H2,14,17)(H,15,18). The number of nitrogens with two attached hydrogens (primary N) is 2. The van der Waals surface area contributed by atoms with Crippen LogP contribution in [-0.4, -0.2) is 25.4 Å². The maximum atomic E-state index is 11.8. The molecule has 1 aromatic rings. The summed E-state index contributed by atoms with van der Waals surface area (Å²) >= 11 is 1.12. The van der Waals surface area contributed by atoms with Gasteiger partial charge in [0.05, 0.1) is 11.3 Å². The highest BCUT2D eigenvalue weighted by atomic mass is 32.1. The minimum absolute atomic E-state index is 0.148.